The Hall–Kier alpha value is -3.35. The lowest BCUT2D eigenvalue weighted by Gasteiger charge is -2.15. The van der Waals surface area contributed by atoms with Crippen molar-refractivity contribution in [2.45, 2.75) is 32.9 Å². The van der Waals surface area contributed by atoms with Gasteiger partial charge in [-0.25, -0.2) is 0 Å². The van der Waals surface area contributed by atoms with Gasteiger partial charge in [0.25, 0.3) is 0 Å². The number of carbonyl (C=O) groups excluding carboxylic acids is 2. The fraction of sp³-hybridized carbons (Fsp3) is 0.250. The monoisotopic (exact) mass is 363 g/mol. The number of nitrogens with one attached hydrogen (secondary N) is 1. The Labute approximate surface area is 157 Å². The Bertz CT molecular complexity index is 919. The van der Waals surface area contributed by atoms with Crippen LogP contribution in [0.5, 0.6) is 0 Å². The maximum Gasteiger partial charge on any atom is 0.240 e. The van der Waals surface area contributed by atoms with Crippen LogP contribution in [0.2, 0.25) is 0 Å². The van der Waals surface area contributed by atoms with Crippen molar-refractivity contribution in [2.75, 3.05) is 0 Å². The van der Waals surface area contributed by atoms with Crippen molar-refractivity contribution < 1.29 is 9.59 Å². The second-order valence-corrected chi connectivity index (χ2v) is 6.24. The van der Waals surface area contributed by atoms with Gasteiger partial charge in [0.15, 0.2) is 0 Å². The molecule has 27 heavy (non-hydrogen) atoms. The maximum atomic E-state index is 12.5. The summed E-state index contributed by atoms with van der Waals surface area (Å²) in [5, 5.41) is 10.6. The number of hydrogen-bond acceptors (Lipinski definition) is 5. The highest BCUT2D eigenvalue weighted by Crippen LogP contribution is 2.14. The molecule has 7 heteroatoms. The third kappa shape index (κ3) is 4.44. The van der Waals surface area contributed by atoms with E-state index >= 15 is 0 Å². The molecule has 2 aromatic heterocycles. The van der Waals surface area contributed by atoms with Gasteiger partial charge in [-0.1, -0.05) is 31.2 Å². The minimum atomic E-state index is -0.323. The van der Waals surface area contributed by atoms with E-state index in [9.17, 15) is 9.59 Å². The van der Waals surface area contributed by atoms with Crippen LogP contribution in [-0.2, 0) is 17.8 Å². The summed E-state index contributed by atoms with van der Waals surface area (Å²) in [5.74, 6) is -0.434. The van der Waals surface area contributed by atoms with Gasteiger partial charge in [-0.05, 0) is 36.6 Å². The number of amides is 1. The van der Waals surface area contributed by atoms with Crippen molar-refractivity contribution in [1.82, 2.24) is 25.1 Å². The van der Waals surface area contributed by atoms with Gasteiger partial charge in [-0.3, -0.25) is 14.6 Å². The lowest BCUT2D eigenvalue weighted by atomic mass is 10.1. The van der Waals surface area contributed by atoms with Gasteiger partial charge in [0, 0.05) is 18.0 Å². The molecule has 1 N–H and O–H groups in total. The van der Waals surface area contributed by atoms with E-state index in [0.717, 1.165) is 12.0 Å². The zero-order valence-electron chi connectivity index (χ0n) is 15.3. The van der Waals surface area contributed by atoms with Crippen LogP contribution in [0.15, 0.2) is 55.1 Å². The zero-order chi connectivity index (χ0) is 19.2. The minimum Gasteiger partial charge on any atom is -0.348 e. The first-order valence-electron chi connectivity index (χ1n) is 8.79. The van der Waals surface area contributed by atoms with Gasteiger partial charge in [-0.15, -0.1) is 10.2 Å². The van der Waals surface area contributed by atoms with E-state index in [4.69, 9.17) is 0 Å². The van der Waals surface area contributed by atoms with E-state index in [0.29, 0.717) is 5.56 Å². The number of rotatable bonds is 7. The quantitative estimate of drug-likeness (QED) is 0.651. The van der Waals surface area contributed by atoms with Crippen LogP contribution in [0.1, 0.15) is 47.2 Å². The standard InChI is InChI=1S/C20H21N5O2/c1-3-15-6-8-16(9-7-15)14(2)23-18(26)12-25-13-22-24-20(25)19(27)17-5-4-10-21-11-17/h4-11,13-14H,3,12H2,1-2H3,(H,23,26). The van der Waals surface area contributed by atoms with Crippen LogP contribution in [0.4, 0.5) is 0 Å². The van der Waals surface area contributed by atoms with Gasteiger partial charge in [0.2, 0.25) is 17.5 Å². The lowest BCUT2D eigenvalue weighted by Crippen LogP contribution is -2.31. The van der Waals surface area contributed by atoms with Crippen molar-refractivity contribution in [3.63, 3.8) is 0 Å². The van der Waals surface area contributed by atoms with E-state index in [1.807, 2.05) is 19.1 Å². The summed E-state index contributed by atoms with van der Waals surface area (Å²) in [6.07, 6.45) is 5.40. The molecule has 0 aliphatic heterocycles. The maximum absolute atomic E-state index is 12.5. The van der Waals surface area contributed by atoms with Crippen molar-refractivity contribution in [2.24, 2.45) is 0 Å². The summed E-state index contributed by atoms with van der Waals surface area (Å²) < 4.78 is 1.44. The van der Waals surface area contributed by atoms with E-state index in [1.54, 1.807) is 18.3 Å². The van der Waals surface area contributed by atoms with Gasteiger partial charge in [0.05, 0.1) is 6.04 Å². The number of aryl methyl sites for hydroxylation is 1. The molecule has 0 radical (unpaired) electrons. The zero-order valence-corrected chi connectivity index (χ0v) is 15.3. The first-order chi connectivity index (χ1) is 13.1. The summed E-state index contributed by atoms with van der Waals surface area (Å²) >= 11 is 0. The molecule has 3 aromatic rings. The molecule has 0 spiro atoms. The number of hydrogen-bond donors (Lipinski definition) is 1. The Kier molecular flexibility index (Phi) is 5.71. The number of pyridine rings is 1. The molecule has 7 nitrogen and oxygen atoms in total. The molecule has 3 rings (SSSR count). The van der Waals surface area contributed by atoms with Gasteiger partial charge < -0.3 is 9.88 Å². The SMILES string of the molecule is CCc1ccc(C(C)NC(=O)Cn2cnnc2C(=O)c2cccnc2)cc1. The highest BCUT2D eigenvalue weighted by Gasteiger charge is 2.19. The molecule has 138 valence electrons. The third-order valence-corrected chi connectivity index (χ3v) is 4.32. The molecule has 1 unspecified atom stereocenters. The first-order valence-corrected chi connectivity index (χ1v) is 8.79. The van der Waals surface area contributed by atoms with E-state index in [-0.39, 0.29) is 30.1 Å². The topological polar surface area (TPSA) is 89.8 Å². The summed E-state index contributed by atoms with van der Waals surface area (Å²) in [4.78, 5) is 28.9. The van der Waals surface area contributed by atoms with Crippen molar-refractivity contribution in [3.8, 4) is 0 Å². The lowest BCUT2D eigenvalue weighted by molar-refractivity contribution is -0.122. The molecular formula is C20H21N5O2. The molecule has 2 heterocycles. The Morgan fingerprint density at radius 3 is 2.63 bits per heavy atom. The Morgan fingerprint density at radius 2 is 1.96 bits per heavy atom. The van der Waals surface area contributed by atoms with E-state index in [1.165, 1.54) is 22.7 Å². The first kappa shape index (κ1) is 18.4. The smallest absolute Gasteiger partial charge is 0.240 e. The Morgan fingerprint density at radius 1 is 1.19 bits per heavy atom. The van der Waals surface area contributed by atoms with Crippen LogP contribution in [0, 0.1) is 0 Å². The van der Waals surface area contributed by atoms with Crippen LogP contribution < -0.4 is 5.32 Å². The van der Waals surface area contributed by atoms with Gasteiger partial charge >= 0.3 is 0 Å². The molecule has 1 atom stereocenters. The van der Waals surface area contributed by atoms with Crippen molar-refractivity contribution in [3.05, 3.63) is 77.6 Å². The highest BCUT2D eigenvalue weighted by molar-refractivity contribution is 6.06. The molecule has 1 amide bonds. The van der Waals surface area contributed by atoms with E-state index in [2.05, 4.69) is 39.6 Å². The van der Waals surface area contributed by atoms with Gasteiger partial charge in [-0.2, -0.15) is 0 Å². The predicted molar refractivity (Wildman–Crippen MR) is 100 cm³/mol. The fourth-order valence-corrected chi connectivity index (χ4v) is 2.74. The summed E-state index contributed by atoms with van der Waals surface area (Å²) in [5.41, 5.74) is 2.67. The number of benzene rings is 1. The largest absolute Gasteiger partial charge is 0.348 e. The van der Waals surface area contributed by atoms with Crippen LogP contribution in [0.25, 0.3) is 0 Å². The summed E-state index contributed by atoms with van der Waals surface area (Å²) in [6.45, 7) is 3.99. The number of ketones is 1. The molecule has 0 saturated carbocycles. The highest BCUT2D eigenvalue weighted by atomic mass is 16.2. The van der Waals surface area contributed by atoms with Gasteiger partial charge in [0.1, 0.15) is 12.9 Å². The van der Waals surface area contributed by atoms with E-state index < -0.39 is 0 Å². The average Bonchev–Trinajstić information content (AvgIpc) is 3.16. The number of carbonyl (C=O) groups is 2. The molecule has 0 saturated heterocycles. The predicted octanol–water partition coefficient (Wildman–Crippen LogP) is 2.34. The average molecular weight is 363 g/mol. The van der Waals surface area contributed by atoms with Crippen LogP contribution in [0.3, 0.4) is 0 Å². The second-order valence-electron chi connectivity index (χ2n) is 6.24. The minimum absolute atomic E-state index is 0.0360. The molecular weight excluding hydrogens is 342 g/mol. The fourth-order valence-electron chi connectivity index (χ4n) is 2.74. The van der Waals surface area contributed by atoms with Crippen LogP contribution in [-0.4, -0.2) is 31.4 Å². The molecule has 0 aliphatic rings. The Balaban J connectivity index is 1.66. The molecule has 0 fully saturated rings. The molecule has 0 aliphatic carbocycles. The summed E-state index contributed by atoms with van der Waals surface area (Å²) in [6, 6.07) is 11.3. The second kappa shape index (κ2) is 8.35. The molecule has 0 bridgehead atoms. The van der Waals surface area contributed by atoms with Crippen LogP contribution >= 0.6 is 0 Å². The van der Waals surface area contributed by atoms with Crippen molar-refractivity contribution in [1.29, 1.82) is 0 Å². The number of aromatic nitrogens is 4. The number of nitrogens with zero attached hydrogens (tertiary/aromatic N) is 4. The summed E-state index contributed by atoms with van der Waals surface area (Å²) in [7, 11) is 0. The third-order valence-electron chi connectivity index (χ3n) is 4.32. The van der Waals surface area contributed by atoms with Crippen molar-refractivity contribution >= 4 is 11.7 Å². The normalized spacial score (nSPS) is 11.8. The molecule has 1 aromatic carbocycles.